The van der Waals surface area contributed by atoms with Gasteiger partial charge in [-0.2, -0.15) is 0 Å². The van der Waals surface area contributed by atoms with Crippen LogP contribution in [0.2, 0.25) is 0 Å². The van der Waals surface area contributed by atoms with Crippen LogP contribution in [0.4, 0.5) is 0 Å². The van der Waals surface area contributed by atoms with Crippen molar-refractivity contribution in [3.05, 3.63) is 65.5 Å². The fraction of sp³-hybridized carbons (Fsp3) is 0.417. The zero-order chi connectivity index (χ0) is 20.1. The quantitative estimate of drug-likeness (QED) is 0.655. The Kier molecular flexibility index (Phi) is 6.25. The summed E-state index contributed by atoms with van der Waals surface area (Å²) in [4.78, 5) is 19.6. The first-order valence-corrected chi connectivity index (χ1v) is 10.6. The second kappa shape index (κ2) is 9.23. The third kappa shape index (κ3) is 5.04. The number of aromatic nitrogens is 1. The number of nitrogens with zero attached hydrogens (tertiary/aromatic N) is 2. The lowest BCUT2D eigenvalue weighted by molar-refractivity contribution is 0.0938. The van der Waals surface area contributed by atoms with Crippen LogP contribution in [-0.2, 0) is 12.8 Å². The minimum atomic E-state index is -0.0567. The molecule has 5 heteroatoms. The van der Waals surface area contributed by atoms with E-state index < -0.39 is 0 Å². The molecule has 0 saturated carbocycles. The molecule has 0 spiro atoms. The second-order valence-electron chi connectivity index (χ2n) is 7.91. The number of hydrogen-bond donors (Lipinski definition) is 1. The van der Waals surface area contributed by atoms with Gasteiger partial charge < -0.3 is 9.73 Å². The molecule has 1 amide bonds. The third-order valence-corrected chi connectivity index (χ3v) is 5.79. The van der Waals surface area contributed by atoms with Crippen molar-refractivity contribution in [2.75, 3.05) is 19.6 Å². The molecule has 1 N–H and O–H groups in total. The molecule has 0 radical (unpaired) electrons. The van der Waals surface area contributed by atoms with E-state index in [9.17, 15) is 4.79 Å². The molecular weight excluding hydrogens is 362 g/mol. The van der Waals surface area contributed by atoms with Crippen molar-refractivity contribution >= 4 is 17.0 Å². The molecule has 0 unspecified atom stereocenters. The van der Waals surface area contributed by atoms with Gasteiger partial charge in [-0.3, -0.25) is 9.69 Å². The highest BCUT2D eigenvalue weighted by Crippen LogP contribution is 2.19. The van der Waals surface area contributed by atoms with Crippen LogP contribution in [0, 0.1) is 0 Å². The van der Waals surface area contributed by atoms with Crippen molar-refractivity contribution in [2.45, 2.75) is 45.1 Å². The lowest BCUT2D eigenvalue weighted by Gasteiger charge is -2.33. The molecule has 1 atom stereocenters. The summed E-state index contributed by atoms with van der Waals surface area (Å²) in [6.07, 6.45) is 5.45. The third-order valence-electron chi connectivity index (χ3n) is 5.79. The first kappa shape index (κ1) is 19.6. The number of piperidine rings is 1. The second-order valence-corrected chi connectivity index (χ2v) is 7.91. The number of rotatable bonds is 7. The van der Waals surface area contributed by atoms with Crippen molar-refractivity contribution in [1.82, 2.24) is 15.2 Å². The Balaban J connectivity index is 1.33. The number of hydrogen-bond acceptors (Lipinski definition) is 4. The number of aryl methyl sites for hydroxylation is 2. The van der Waals surface area contributed by atoms with Gasteiger partial charge in [0, 0.05) is 31.1 Å². The Morgan fingerprint density at radius 3 is 2.86 bits per heavy atom. The maximum absolute atomic E-state index is 12.5. The summed E-state index contributed by atoms with van der Waals surface area (Å²) in [6.45, 7) is 4.97. The number of likely N-dealkylation sites (tertiary alicyclic amines) is 1. The maximum Gasteiger partial charge on any atom is 0.251 e. The summed E-state index contributed by atoms with van der Waals surface area (Å²) >= 11 is 0. The number of benzene rings is 2. The maximum atomic E-state index is 12.5. The first-order chi connectivity index (χ1) is 14.2. The standard InChI is InChI=1S/C24H29N3O2/c1-18-7-5-6-15-27(18)16-14-25-24(28)20-11-12-21-22(17-20)29-23(26-21)13-10-19-8-3-2-4-9-19/h2-4,8-9,11-12,17-18H,5-7,10,13-16H2,1H3,(H,25,28)/t18-/m1/s1. The first-order valence-electron chi connectivity index (χ1n) is 10.6. The molecule has 1 aromatic heterocycles. The van der Waals surface area contributed by atoms with E-state index in [4.69, 9.17) is 4.42 Å². The predicted octanol–water partition coefficient (Wildman–Crippen LogP) is 4.22. The Hall–Kier alpha value is -2.66. The molecule has 152 valence electrons. The normalized spacial score (nSPS) is 17.5. The predicted molar refractivity (Wildman–Crippen MR) is 115 cm³/mol. The smallest absolute Gasteiger partial charge is 0.251 e. The lowest BCUT2D eigenvalue weighted by atomic mass is 10.0. The van der Waals surface area contributed by atoms with Crippen molar-refractivity contribution in [1.29, 1.82) is 0 Å². The molecular formula is C24H29N3O2. The molecule has 0 bridgehead atoms. The number of carbonyl (C=O) groups is 1. The summed E-state index contributed by atoms with van der Waals surface area (Å²) in [6, 6.07) is 16.4. The number of amides is 1. The molecule has 5 nitrogen and oxygen atoms in total. The minimum Gasteiger partial charge on any atom is -0.441 e. The van der Waals surface area contributed by atoms with E-state index in [0.29, 0.717) is 29.6 Å². The van der Waals surface area contributed by atoms with Gasteiger partial charge in [-0.1, -0.05) is 36.8 Å². The molecule has 0 aliphatic carbocycles. The van der Waals surface area contributed by atoms with E-state index in [1.165, 1.54) is 24.8 Å². The van der Waals surface area contributed by atoms with Crippen LogP contribution in [0.5, 0.6) is 0 Å². The molecule has 1 aliphatic rings. The van der Waals surface area contributed by atoms with E-state index >= 15 is 0 Å². The number of carbonyl (C=O) groups excluding carboxylic acids is 1. The molecule has 4 rings (SSSR count). The number of oxazole rings is 1. The summed E-state index contributed by atoms with van der Waals surface area (Å²) < 4.78 is 5.89. The largest absolute Gasteiger partial charge is 0.441 e. The van der Waals surface area contributed by atoms with Crippen LogP contribution in [0.1, 0.15) is 48.0 Å². The van der Waals surface area contributed by atoms with Crippen molar-refractivity contribution in [3.63, 3.8) is 0 Å². The summed E-state index contributed by atoms with van der Waals surface area (Å²) in [7, 11) is 0. The Labute approximate surface area is 172 Å². The van der Waals surface area contributed by atoms with Gasteiger partial charge in [0.05, 0.1) is 0 Å². The lowest BCUT2D eigenvalue weighted by Crippen LogP contribution is -2.42. The van der Waals surface area contributed by atoms with Crippen LogP contribution < -0.4 is 5.32 Å². The summed E-state index contributed by atoms with van der Waals surface area (Å²) in [5, 5.41) is 3.04. The zero-order valence-electron chi connectivity index (χ0n) is 17.1. The molecule has 1 aliphatic heterocycles. The van der Waals surface area contributed by atoms with E-state index in [1.54, 1.807) is 6.07 Å². The topological polar surface area (TPSA) is 58.4 Å². The van der Waals surface area contributed by atoms with Gasteiger partial charge in [0.25, 0.3) is 5.91 Å². The molecule has 1 saturated heterocycles. The fourth-order valence-corrected chi connectivity index (χ4v) is 4.02. The van der Waals surface area contributed by atoms with E-state index in [1.807, 2.05) is 30.3 Å². The highest BCUT2D eigenvalue weighted by molar-refractivity contribution is 5.97. The van der Waals surface area contributed by atoms with Gasteiger partial charge in [0.2, 0.25) is 0 Å². The van der Waals surface area contributed by atoms with Crippen LogP contribution in [0.15, 0.2) is 52.9 Å². The van der Waals surface area contributed by atoms with Crippen LogP contribution in [-0.4, -0.2) is 41.5 Å². The fourth-order valence-electron chi connectivity index (χ4n) is 4.02. The van der Waals surface area contributed by atoms with Gasteiger partial charge in [-0.05, 0) is 56.5 Å². The van der Waals surface area contributed by atoms with E-state index in [-0.39, 0.29) is 5.91 Å². The number of nitrogens with one attached hydrogen (secondary N) is 1. The van der Waals surface area contributed by atoms with Gasteiger partial charge in [-0.25, -0.2) is 4.98 Å². The average molecular weight is 392 g/mol. The molecule has 2 aromatic carbocycles. The number of fused-ring (bicyclic) bond motifs is 1. The Morgan fingerprint density at radius 2 is 2.03 bits per heavy atom. The van der Waals surface area contributed by atoms with Crippen LogP contribution in [0.25, 0.3) is 11.1 Å². The van der Waals surface area contributed by atoms with E-state index in [0.717, 1.165) is 31.4 Å². The van der Waals surface area contributed by atoms with E-state index in [2.05, 4.69) is 34.3 Å². The Morgan fingerprint density at radius 1 is 1.17 bits per heavy atom. The SMILES string of the molecule is C[C@@H]1CCCCN1CCNC(=O)c1ccc2nc(CCc3ccccc3)oc2c1. The zero-order valence-corrected chi connectivity index (χ0v) is 17.1. The molecule has 3 aromatic rings. The van der Waals surface area contributed by atoms with Crippen LogP contribution >= 0.6 is 0 Å². The van der Waals surface area contributed by atoms with Gasteiger partial charge in [0.1, 0.15) is 5.52 Å². The van der Waals surface area contributed by atoms with Gasteiger partial charge in [0.15, 0.2) is 11.5 Å². The molecule has 2 heterocycles. The highest BCUT2D eigenvalue weighted by atomic mass is 16.3. The van der Waals surface area contributed by atoms with Gasteiger partial charge in [-0.15, -0.1) is 0 Å². The Bertz CT molecular complexity index is 951. The molecule has 1 fully saturated rings. The average Bonchev–Trinajstić information content (AvgIpc) is 3.16. The minimum absolute atomic E-state index is 0.0567. The molecule has 29 heavy (non-hydrogen) atoms. The van der Waals surface area contributed by atoms with Crippen molar-refractivity contribution < 1.29 is 9.21 Å². The van der Waals surface area contributed by atoms with Crippen molar-refractivity contribution in [2.24, 2.45) is 0 Å². The van der Waals surface area contributed by atoms with Gasteiger partial charge >= 0.3 is 0 Å². The highest BCUT2D eigenvalue weighted by Gasteiger charge is 2.18. The van der Waals surface area contributed by atoms with Crippen molar-refractivity contribution in [3.8, 4) is 0 Å². The summed E-state index contributed by atoms with van der Waals surface area (Å²) in [5.41, 5.74) is 3.35. The monoisotopic (exact) mass is 391 g/mol. The van der Waals surface area contributed by atoms with Crippen LogP contribution in [0.3, 0.4) is 0 Å². The summed E-state index contributed by atoms with van der Waals surface area (Å²) in [5.74, 6) is 0.652.